The first-order valence-corrected chi connectivity index (χ1v) is 11.7. The number of hydrogen-bond acceptors (Lipinski definition) is 8. The van der Waals surface area contributed by atoms with Crippen molar-refractivity contribution in [3.63, 3.8) is 0 Å². The highest BCUT2D eigenvalue weighted by atomic mass is 35.5. The van der Waals surface area contributed by atoms with Crippen LogP contribution in [0.15, 0.2) is 58.9 Å². The topological polar surface area (TPSA) is 87.5 Å². The Balaban J connectivity index is 1.50. The quantitative estimate of drug-likeness (QED) is 0.419. The van der Waals surface area contributed by atoms with Gasteiger partial charge in [-0.05, 0) is 42.3 Å². The van der Waals surface area contributed by atoms with Gasteiger partial charge in [-0.15, -0.1) is 5.10 Å². The van der Waals surface area contributed by atoms with E-state index in [1.807, 2.05) is 49.4 Å². The summed E-state index contributed by atoms with van der Waals surface area (Å²) in [5.74, 6) is 2.12. The number of nitrogens with zero attached hydrogens (tertiary/aromatic N) is 3. The van der Waals surface area contributed by atoms with Crippen molar-refractivity contribution < 1.29 is 19.0 Å². The molecule has 5 rings (SSSR count). The van der Waals surface area contributed by atoms with Crippen molar-refractivity contribution in [3.05, 3.63) is 69.9 Å². The average Bonchev–Trinajstić information content (AvgIpc) is 3.24. The summed E-state index contributed by atoms with van der Waals surface area (Å²) in [7, 11) is 1.37. The Bertz CT molecular complexity index is 1240. The zero-order valence-electron chi connectivity index (χ0n) is 18.0. The smallest absolute Gasteiger partial charge is 0.338 e. The number of aromatic nitrogens is 3. The van der Waals surface area contributed by atoms with Crippen molar-refractivity contribution in [3.8, 4) is 11.5 Å². The molecule has 0 saturated carbocycles. The maximum Gasteiger partial charge on any atom is 0.338 e. The van der Waals surface area contributed by atoms with Gasteiger partial charge < -0.3 is 19.5 Å². The summed E-state index contributed by atoms with van der Waals surface area (Å²) in [6.45, 7) is 2.81. The Morgan fingerprint density at radius 2 is 1.97 bits per heavy atom. The molecule has 33 heavy (non-hydrogen) atoms. The van der Waals surface area contributed by atoms with Crippen LogP contribution in [0.4, 0.5) is 5.95 Å². The van der Waals surface area contributed by atoms with E-state index < -0.39 is 12.0 Å². The number of anilines is 1. The van der Waals surface area contributed by atoms with E-state index in [0.717, 1.165) is 11.1 Å². The summed E-state index contributed by atoms with van der Waals surface area (Å²) in [6.07, 6.45) is 0. The third-order valence-electron chi connectivity index (χ3n) is 5.40. The lowest BCUT2D eigenvalue weighted by Gasteiger charge is -2.28. The summed E-state index contributed by atoms with van der Waals surface area (Å²) in [5.41, 5.74) is 3.05. The van der Waals surface area contributed by atoms with Gasteiger partial charge in [-0.3, -0.25) is 0 Å². The van der Waals surface area contributed by atoms with Crippen molar-refractivity contribution >= 4 is 35.3 Å². The first kappa shape index (κ1) is 21.7. The van der Waals surface area contributed by atoms with Crippen LogP contribution in [0, 0.1) is 0 Å². The van der Waals surface area contributed by atoms with Gasteiger partial charge in [-0.1, -0.05) is 41.6 Å². The van der Waals surface area contributed by atoms with Crippen LogP contribution in [-0.2, 0) is 15.3 Å². The van der Waals surface area contributed by atoms with Crippen LogP contribution in [-0.4, -0.2) is 41.1 Å². The molecule has 2 aromatic carbocycles. The lowest BCUT2D eigenvalue weighted by molar-refractivity contribution is -0.136. The van der Waals surface area contributed by atoms with E-state index in [0.29, 0.717) is 57.9 Å². The van der Waals surface area contributed by atoms with Crippen molar-refractivity contribution in [1.29, 1.82) is 0 Å². The molecule has 2 aliphatic rings. The number of esters is 1. The summed E-state index contributed by atoms with van der Waals surface area (Å²) >= 11 is 7.48. The molecule has 0 fully saturated rings. The molecule has 1 aromatic heterocycles. The summed E-state index contributed by atoms with van der Waals surface area (Å²) < 4.78 is 18.2. The van der Waals surface area contributed by atoms with Gasteiger partial charge in [-0.25, -0.2) is 9.48 Å². The third-order valence-corrected chi connectivity index (χ3v) is 6.56. The normalized spacial score (nSPS) is 16.8. The number of rotatable bonds is 5. The number of ether oxygens (including phenoxy) is 3. The minimum absolute atomic E-state index is 0.434. The minimum atomic E-state index is -0.526. The lowest BCUT2D eigenvalue weighted by atomic mass is 9.95. The van der Waals surface area contributed by atoms with Gasteiger partial charge in [0.1, 0.15) is 19.3 Å². The minimum Gasteiger partial charge on any atom is -0.486 e. The summed E-state index contributed by atoms with van der Waals surface area (Å²) in [4.78, 5) is 17.4. The Hall–Kier alpha value is -3.17. The number of nitrogens with one attached hydrogen (secondary N) is 1. The van der Waals surface area contributed by atoms with Crippen molar-refractivity contribution in [1.82, 2.24) is 14.8 Å². The highest BCUT2D eigenvalue weighted by Crippen LogP contribution is 2.40. The van der Waals surface area contributed by atoms with Crippen LogP contribution in [0.2, 0.25) is 5.02 Å². The molecule has 8 nitrogen and oxygen atoms in total. The predicted molar refractivity (Wildman–Crippen MR) is 125 cm³/mol. The number of hydrogen-bond donors (Lipinski definition) is 1. The van der Waals surface area contributed by atoms with Gasteiger partial charge in [0.15, 0.2) is 11.5 Å². The van der Waals surface area contributed by atoms with Crippen LogP contribution in [0.3, 0.4) is 0 Å². The SMILES string of the molecule is COC(=O)C1=C(C)Nc2nc(SCc3ccc(Cl)cc3)nn2C1c1ccc2c(c1)OCCO2. The highest BCUT2D eigenvalue weighted by molar-refractivity contribution is 7.98. The molecule has 3 aromatic rings. The molecule has 0 spiro atoms. The maximum absolute atomic E-state index is 12.8. The zero-order chi connectivity index (χ0) is 22.9. The number of thioether (sulfide) groups is 1. The Morgan fingerprint density at radius 3 is 2.73 bits per heavy atom. The molecule has 10 heteroatoms. The number of carbonyl (C=O) groups excluding carboxylic acids is 1. The third kappa shape index (κ3) is 4.26. The molecule has 0 amide bonds. The molecule has 0 bridgehead atoms. The number of allylic oxidation sites excluding steroid dienone is 1. The first-order valence-electron chi connectivity index (χ1n) is 10.3. The molecule has 1 atom stereocenters. The van der Waals surface area contributed by atoms with Crippen LogP contribution in [0.1, 0.15) is 24.1 Å². The van der Waals surface area contributed by atoms with E-state index in [1.165, 1.54) is 18.9 Å². The van der Waals surface area contributed by atoms with E-state index in [2.05, 4.69) is 10.3 Å². The van der Waals surface area contributed by atoms with Gasteiger partial charge in [0.25, 0.3) is 0 Å². The Labute approximate surface area is 199 Å². The number of benzene rings is 2. The number of halogens is 1. The second-order valence-corrected chi connectivity index (χ2v) is 8.92. The Morgan fingerprint density at radius 1 is 1.21 bits per heavy atom. The lowest BCUT2D eigenvalue weighted by Crippen LogP contribution is -2.29. The average molecular weight is 485 g/mol. The first-order chi connectivity index (χ1) is 16.0. The van der Waals surface area contributed by atoms with Gasteiger partial charge in [0.2, 0.25) is 11.1 Å². The van der Waals surface area contributed by atoms with Crippen molar-refractivity contribution in [2.75, 3.05) is 25.6 Å². The molecule has 0 aliphatic carbocycles. The van der Waals surface area contributed by atoms with Gasteiger partial charge in [0, 0.05) is 16.5 Å². The highest BCUT2D eigenvalue weighted by Gasteiger charge is 2.35. The van der Waals surface area contributed by atoms with Crippen LogP contribution in [0.5, 0.6) is 11.5 Å². The molecule has 0 saturated heterocycles. The monoisotopic (exact) mass is 484 g/mol. The second-order valence-electron chi connectivity index (χ2n) is 7.54. The maximum atomic E-state index is 12.8. The van der Waals surface area contributed by atoms with E-state index >= 15 is 0 Å². The van der Waals surface area contributed by atoms with Gasteiger partial charge in [0.05, 0.1) is 12.7 Å². The molecule has 2 aliphatic heterocycles. The van der Waals surface area contributed by atoms with Crippen LogP contribution in [0.25, 0.3) is 0 Å². The summed E-state index contributed by atoms with van der Waals surface area (Å²) in [5, 5.41) is 9.20. The zero-order valence-corrected chi connectivity index (χ0v) is 19.6. The fourth-order valence-corrected chi connectivity index (χ4v) is 4.74. The standard InChI is InChI=1S/C23H21ClN4O4S/c1-13-19(21(29)30-2)20(15-5-8-17-18(11-15)32-10-9-31-17)28-22(25-13)26-23(27-28)33-12-14-3-6-16(24)7-4-14/h3-8,11,20H,9-10,12H2,1-2H3,(H,25,26,27). The number of carbonyl (C=O) groups is 1. The molecule has 1 unspecified atom stereocenters. The molecule has 3 heterocycles. The van der Waals surface area contributed by atoms with E-state index in [1.54, 1.807) is 4.68 Å². The molecular formula is C23H21ClN4O4S. The van der Waals surface area contributed by atoms with Gasteiger partial charge >= 0.3 is 5.97 Å². The van der Waals surface area contributed by atoms with Crippen molar-refractivity contribution in [2.45, 2.75) is 23.9 Å². The van der Waals surface area contributed by atoms with E-state index in [-0.39, 0.29) is 0 Å². The van der Waals surface area contributed by atoms with E-state index in [4.69, 9.17) is 30.9 Å². The van der Waals surface area contributed by atoms with E-state index in [9.17, 15) is 4.79 Å². The van der Waals surface area contributed by atoms with Crippen molar-refractivity contribution in [2.24, 2.45) is 0 Å². The van der Waals surface area contributed by atoms with Crippen LogP contribution >= 0.6 is 23.4 Å². The molecule has 0 radical (unpaired) electrons. The van der Waals surface area contributed by atoms with Gasteiger partial charge in [-0.2, -0.15) is 4.98 Å². The molecular weight excluding hydrogens is 464 g/mol. The van der Waals surface area contributed by atoms with Crippen LogP contribution < -0.4 is 14.8 Å². The Kier molecular flexibility index (Phi) is 5.90. The predicted octanol–water partition coefficient (Wildman–Crippen LogP) is 4.46. The second kappa shape index (κ2) is 8.99. The fraction of sp³-hybridized carbons (Fsp3) is 0.261. The largest absolute Gasteiger partial charge is 0.486 e. The number of methoxy groups -OCH3 is 1. The number of fused-ring (bicyclic) bond motifs is 2. The molecule has 1 N–H and O–H groups in total. The summed E-state index contributed by atoms with van der Waals surface area (Å²) in [6, 6.07) is 12.8. The fourth-order valence-electron chi connectivity index (χ4n) is 3.83. The molecule has 170 valence electrons.